The zero-order valence-corrected chi connectivity index (χ0v) is 13.1. The summed E-state index contributed by atoms with van der Waals surface area (Å²) in [5.41, 5.74) is 8.20. The minimum Gasteiger partial charge on any atom is -0.398 e. The van der Waals surface area contributed by atoms with Gasteiger partial charge in [0.25, 0.3) is 0 Å². The molecule has 1 aromatic rings. The maximum Gasteiger partial charge on any atom is 0.225 e. The number of aliphatic hydroxyl groups excluding tert-OH is 1. The third-order valence-electron chi connectivity index (χ3n) is 3.57. The number of hydrogen-bond donors (Lipinski definition) is 3. The molecule has 0 bridgehead atoms. The number of carbonyl (C=O) groups is 1. The number of nitrogens with zero attached hydrogens (tertiary/aromatic N) is 1. The van der Waals surface area contributed by atoms with Crippen LogP contribution in [-0.2, 0) is 4.79 Å². The molecule has 0 atom stereocenters. The average molecular weight is 293 g/mol. The van der Waals surface area contributed by atoms with Crippen LogP contribution in [0.15, 0.2) is 18.2 Å². The Morgan fingerprint density at radius 3 is 2.76 bits per heavy atom. The third kappa shape index (κ3) is 6.60. The van der Waals surface area contributed by atoms with Crippen molar-refractivity contribution in [3.05, 3.63) is 23.8 Å². The first-order valence-corrected chi connectivity index (χ1v) is 7.49. The molecule has 1 amide bonds. The highest BCUT2D eigenvalue weighted by molar-refractivity contribution is 5.92. The normalized spacial score (nSPS) is 10.9. The number of carbonyl (C=O) groups excluding carboxylic acids is 1. The van der Waals surface area contributed by atoms with Crippen LogP contribution in [0.4, 0.5) is 11.4 Å². The fourth-order valence-electron chi connectivity index (χ4n) is 2.08. The van der Waals surface area contributed by atoms with Gasteiger partial charge in [0.1, 0.15) is 0 Å². The van der Waals surface area contributed by atoms with Gasteiger partial charge in [-0.3, -0.25) is 4.79 Å². The van der Waals surface area contributed by atoms with Crippen molar-refractivity contribution in [3.63, 3.8) is 0 Å². The van der Waals surface area contributed by atoms with E-state index >= 15 is 0 Å². The Bertz CT molecular complexity index is 449. The molecule has 0 fully saturated rings. The predicted molar refractivity (Wildman–Crippen MR) is 87.3 cm³/mol. The van der Waals surface area contributed by atoms with Crippen LogP contribution in [0.5, 0.6) is 0 Å². The van der Waals surface area contributed by atoms with Crippen molar-refractivity contribution in [2.45, 2.75) is 32.6 Å². The van der Waals surface area contributed by atoms with Gasteiger partial charge in [0.15, 0.2) is 0 Å². The number of nitrogens with two attached hydrogens (primary N) is 1. The van der Waals surface area contributed by atoms with Gasteiger partial charge in [0.05, 0.1) is 0 Å². The highest BCUT2D eigenvalue weighted by Crippen LogP contribution is 2.20. The lowest BCUT2D eigenvalue weighted by molar-refractivity contribution is -0.116. The van der Waals surface area contributed by atoms with Crippen molar-refractivity contribution in [2.24, 2.45) is 0 Å². The Morgan fingerprint density at radius 1 is 1.29 bits per heavy atom. The Balaban J connectivity index is 2.29. The monoisotopic (exact) mass is 293 g/mol. The molecule has 0 aromatic heterocycles. The summed E-state index contributed by atoms with van der Waals surface area (Å²) >= 11 is 0. The molecule has 0 heterocycles. The summed E-state index contributed by atoms with van der Waals surface area (Å²) in [6.45, 7) is 3.83. The molecule has 0 aliphatic heterocycles. The topological polar surface area (TPSA) is 78.6 Å². The van der Waals surface area contributed by atoms with Gasteiger partial charge >= 0.3 is 0 Å². The highest BCUT2D eigenvalue weighted by atomic mass is 16.2. The van der Waals surface area contributed by atoms with E-state index in [4.69, 9.17) is 10.8 Å². The molecular formula is C16H27N3O2. The molecule has 21 heavy (non-hydrogen) atoms. The summed E-state index contributed by atoms with van der Waals surface area (Å²) in [5.74, 6) is 0.00547. The highest BCUT2D eigenvalue weighted by Gasteiger charge is 2.07. The largest absolute Gasteiger partial charge is 0.398 e. The maximum atomic E-state index is 11.9. The van der Waals surface area contributed by atoms with E-state index < -0.39 is 0 Å². The predicted octanol–water partition coefficient (Wildman–Crippen LogP) is 2.00. The van der Waals surface area contributed by atoms with E-state index in [9.17, 15) is 4.79 Å². The second-order valence-electron chi connectivity index (χ2n) is 5.41. The van der Waals surface area contributed by atoms with E-state index in [0.717, 1.165) is 43.6 Å². The molecule has 0 radical (unpaired) electrons. The lowest BCUT2D eigenvalue weighted by Crippen LogP contribution is -2.25. The first-order chi connectivity index (χ1) is 10.0. The number of benzene rings is 1. The first kappa shape index (κ1) is 17.5. The summed E-state index contributed by atoms with van der Waals surface area (Å²) in [4.78, 5) is 14.1. The van der Waals surface area contributed by atoms with Gasteiger partial charge in [-0.1, -0.05) is 6.07 Å². The Labute approximate surface area is 127 Å². The molecule has 0 unspecified atom stereocenters. The minimum absolute atomic E-state index is 0.00547. The Hall–Kier alpha value is -1.59. The summed E-state index contributed by atoms with van der Waals surface area (Å²) in [6, 6.07) is 5.53. The van der Waals surface area contributed by atoms with E-state index in [1.807, 2.05) is 32.2 Å². The number of anilines is 2. The van der Waals surface area contributed by atoms with Crippen molar-refractivity contribution in [1.82, 2.24) is 4.90 Å². The average Bonchev–Trinajstić information content (AvgIpc) is 2.46. The fraction of sp³-hybridized carbons (Fsp3) is 0.562. The smallest absolute Gasteiger partial charge is 0.225 e. The van der Waals surface area contributed by atoms with Crippen LogP contribution in [0, 0.1) is 6.92 Å². The Kier molecular flexibility index (Phi) is 7.79. The molecule has 5 nitrogen and oxygen atoms in total. The Morgan fingerprint density at radius 2 is 2.05 bits per heavy atom. The van der Waals surface area contributed by atoms with Crippen molar-refractivity contribution in [1.29, 1.82) is 0 Å². The summed E-state index contributed by atoms with van der Waals surface area (Å²) < 4.78 is 0. The number of nitrogens with one attached hydrogen (secondary N) is 1. The number of hydrogen-bond acceptors (Lipinski definition) is 4. The van der Waals surface area contributed by atoms with E-state index in [0.29, 0.717) is 12.1 Å². The molecule has 0 saturated carbocycles. The molecule has 118 valence electrons. The summed E-state index contributed by atoms with van der Waals surface area (Å²) in [6.07, 6.45) is 3.39. The van der Waals surface area contributed by atoms with Crippen molar-refractivity contribution >= 4 is 17.3 Å². The molecule has 5 heteroatoms. The van der Waals surface area contributed by atoms with Gasteiger partial charge in [-0.05, 0) is 57.5 Å². The van der Waals surface area contributed by atoms with Crippen LogP contribution < -0.4 is 11.1 Å². The number of rotatable bonds is 9. The van der Waals surface area contributed by atoms with Crippen molar-refractivity contribution in [2.75, 3.05) is 37.8 Å². The first-order valence-electron chi connectivity index (χ1n) is 7.49. The van der Waals surface area contributed by atoms with Crippen LogP contribution in [0.25, 0.3) is 0 Å². The van der Waals surface area contributed by atoms with E-state index in [1.165, 1.54) is 0 Å². The van der Waals surface area contributed by atoms with Crippen molar-refractivity contribution < 1.29 is 9.90 Å². The van der Waals surface area contributed by atoms with E-state index in [1.54, 1.807) is 0 Å². The van der Waals surface area contributed by atoms with E-state index in [2.05, 4.69) is 10.2 Å². The zero-order valence-electron chi connectivity index (χ0n) is 13.1. The van der Waals surface area contributed by atoms with Crippen LogP contribution in [-0.4, -0.2) is 42.7 Å². The molecule has 0 saturated heterocycles. The molecular weight excluding hydrogens is 266 g/mol. The number of amides is 1. The molecule has 0 spiro atoms. The molecule has 1 rings (SSSR count). The van der Waals surface area contributed by atoms with Crippen LogP contribution in [0.3, 0.4) is 0 Å². The second kappa shape index (κ2) is 9.37. The molecule has 0 aliphatic carbocycles. The lowest BCUT2D eigenvalue weighted by Gasteiger charge is -2.16. The maximum absolute atomic E-state index is 11.9. The number of nitrogen functional groups attached to an aromatic ring is 1. The zero-order chi connectivity index (χ0) is 15.7. The van der Waals surface area contributed by atoms with Gasteiger partial charge in [0.2, 0.25) is 5.91 Å². The summed E-state index contributed by atoms with van der Waals surface area (Å²) in [7, 11) is 2.01. The summed E-state index contributed by atoms with van der Waals surface area (Å²) in [5, 5.41) is 11.6. The third-order valence-corrected chi connectivity index (χ3v) is 3.57. The standard InChI is InChI=1S/C16H27N3O2/c1-13-14(17)7-6-8-15(13)18-16(21)9-11-19(2)10-4-3-5-12-20/h6-8,20H,3-5,9-12,17H2,1-2H3,(H,18,21). The van der Waals surface area contributed by atoms with Gasteiger partial charge < -0.3 is 21.1 Å². The number of unbranched alkanes of at least 4 members (excludes halogenated alkanes) is 2. The fourth-order valence-corrected chi connectivity index (χ4v) is 2.08. The minimum atomic E-state index is 0.00547. The van der Waals surface area contributed by atoms with Gasteiger partial charge in [-0.25, -0.2) is 0 Å². The van der Waals surface area contributed by atoms with Gasteiger partial charge in [0, 0.05) is 30.9 Å². The van der Waals surface area contributed by atoms with Gasteiger partial charge in [-0.15, -0.1) is 0 Å². The van der Waals surface area contributed by atoms with Crippen LogP contribution in [0.2, 0.25) is 0 Å². The van der Waals surface area contributed by atoms with E-state index in [-0.39, 0.29) is 12.5 Å². The lowest BCUT2D eigenvalue weighted by atomic mass is 10.1. The number of aliphatic hydroxyl groups is 1. The van der Waals surface area contributed by atoms with Gasteiger partial charge in [-0.2, -0.15) is 0 Å². The molecule has 1 aromatic carbocycles. The van der Waals surface area contributed by atoms with Crippen LogP contribution in [0.1, 0.15) is 31.2 Å². The SMILES string of the molecule is Cc1c(N)cccc1NC(=O)CCN(C)CCCCCO. The van der Waals surface area contributed by atoms with Crippen LogP contribution >= 0.6 is 0 Å². The quantitative estimate of drug-likeness (QED) is 0.480. The van der Waals surface area contributed by atoms with Crippen molar-refractivity contribution in [3.8, 4) is 0 Å². The second-order valence-corrected chi connectivity index (χ2v) is 5.41. The molecule has 4 N–H and O–H groups in total. The molecule has 0 aliphatic rings.